The Bertz CT molecular complexity index is 542. The Hall–Kier alpha value is -1.73. The van der Waals surface area contributed by atoms with Gasteiger partial charge < -0.3 is 25.0 Å². The summed E-state index contributed by atoms with van der Waals surface area (Å²) in [6.45, 7) is 10.6. The number of aliphatic hydroxyl groups is 1. The maximum atomic E-state index is 10.9. The molecule has 0 saturated carbocycles. The van der Waals surface area contributed by atoms with Gasteiger partial charge in [0.15, 0.2) is 6.20 Å². The zero-order valence-electron chi connectivity index (χ0n) is 16.8. The average Bonchev–Trinajstić information content (AvgIpc) is 3.13. The van der Waals surface area contributed by atoms with Crippen LogP contribution in [0.3, 0.4) is 0 Å². The molecule has 0 radical (unpaired) electrons. The van der Waals surface area contributed by atoms with Gasteiger partial charge in [-0.25, -0.2) is 0 Å². The Morgan fingerprint density at radius 3 is 2.23 bits per heavy atom. The van der Waals surface area contributed by atoms with Crippen LogP contribution in [0.15, 0.2) is 18.3 Å². The van der Waals surface area contributed by atoms with Gasteiger partial charge in [-0.05, 0) is 55.2 Å². The van der Waals surface area contributed by atoms with Crippen molar-refractivity contribution in [2.75, 3.05) is 31.6 Å². The van der Waals surface area contributed by atoms with Crippen molar-refractivity contribution >= 4 is 11.5 Å². The molecule has 7 nitrogen and oxygen atoms in total. The van der Waals surface area contributed by atoms with Crippen LogP contribution in [0.2, 0.25) is 0 Å². The molecule has 1 aromatic rings. The second-order valence-corrected chi connectivity index (χ2v) is 6.36. The molecule has 1 atom stereocenters. The lowest BCUT2D eigenvalue weighted by atomic mass is 9.83. The lowest BCUT2D eigenvalue weighted by Crippen LogP contribution is -2.55. The van der Waals surface area contributed by atoms with Gasteiger partial charge in [0.05, 0.1) is 11.3 Å². The van der Waals surface area contributed by atoms with E-state index in [1.165, 1.54) is 6.07 Å². The predicted octanol–water partition coefficient (Wildman–Crippen LogP) is 3.47. The minimum atomic E-state index is -0.615. The van der Waals surface area contributed by atoms with E-state index in [-0.39, 0.29) is 11.9 Å². The van der Waals surface area contributed by atoms with Gasteiger partial charge in [-0.1, -0.05) is 27.7 Å². The SMILES string of the molecule is CC.CC.CN1CCCC1C1(O)CCN(c2ccc([N+](=O)[O-])nc2)CC1. The van der Waals surface area contributed by atoms with E-state index >= 15 is 0 Å². The van der Waals surface area contributed by atoms with Crippen molar-refractivity contribution in [1.29, 1.82) is 0 Å². The lowest BCUT2D eigenvalue weighted by molar-refractivity contribution is -0.389. The summed E-state index contributed by atoms with van der Waals surface area (Å²) in [7, 11) is 2.09. The molecule has 3 heterocycles. The van der Waals surface area contributed by atoms with Gasteiger partial charge in [0, 0.05) is 25.2 Å². The van der Waals surface area contributed by atoms with Crippen molar-refractivity contribution in [3.63, 3.8) is 0 Å². The van der Waals surface area contributed by atoms with Crippen molar-refractivity contribution in [3.8, 4) is 0 Å². The van der Waals surface area contributed by atoms with Crippen LogP contribution in [0.25, 0.3) is 0 Å². The molecule has 0 bridgehead atoms. The van der Waals surface area contributed by atoms with E-state index in [9.17, 15) is 15.2 Å². The Labute approximate surface area is 157 Å². The second-order valence-electron chi connectivity index (χ2n) is 6.36. The number of hydrogen-bond acceptors (Lipinski definition) is 6. The van der Waals surface area contributed by atoms with Gasteiger partial charge in [0.2, 0.25) is 0 Å². The Kier molecular flexibility index (Phi) is 8.95. The van der Waals surface area contributed by atoms with E-state index in [1.54, 1.807) is 12.3 Å². The maximum Gasteiger partial charge on any atom is 0.363 e. The molecule has 0 amide bonds. The van der Waals surface area contributed by atoms with Crippen LogP contribution in [-0.2, 0) is 0 Å². The first-order chi connectivity index (χ1) is 12.5. The van der Waals surface area contributed by atoms with E-state index in [4.69, 9.17) is 0 Å². The fourth-order valence-electron chi connectivity index (χ4n) is 3.75. The summed E-state index contributed by atoms with van der Waals surface area (Å²) in [5.74, 6) is -0.134. The first-order valence-corrected chi connectivity index (χ1v) is 9.78. The molecule has 26 heavy (non-hydrogen) atoms. The van der Waals surface area contributed by atoms with Crippen molar-refractivity contribution in [2.24, 2.45) is 0 Å². The first-order valence-electron chi connectivity index (χ1n) is 9.78. The minimum absolute atomic E-state index is 0.134. The Balaban J connectivity index is 0.000000791. The van der Waals surface area contributed by atoms with Crippen LogP contribution in [0.4, 0.5) is 11.5 Å². The summed E-state index contributed by atoms with van der Waals surface area (Å²) in [5, 5.41) is 21.6. The summed E-state index contributed by atoms with van der Waals surface area (Å²) >= 11 is 0. The monoisotopic (exact) mass is 366 g/mol. The van der Waals surface area contributed by atoms with E-state index in [1.807, 2.05) is 27.7 Å². The molecule has 7 heteroatoms. The van der Waals surface area contributed by atoms with Crippen LogP contribution in [0.1, 0.15) is 53.4 Å². The van der Waals surface area contributed by atoms with Gasteiger partial charge >= 0.3 is 5.82 Å². The lowest BCUT2D eigenvalue weighted by Gasteiger charge is -2.44. The number of likely N-dealkylation sites (N-methyl/N-ethyl adjacent to an activating group) is 1. The highest BCUT2D eigenvalue weighted by Gasteiger charge is 2.43. The average molecular weight is 367 g/mol. The standard InChI is InChI=1S/C15H22N4O3.2C2H6/c1-17-8-2-3-13(17)15(20)6-9-18(10-7-15)12-4-5-14(16-11-12)19(21)22;2*1-2/h4-5,11,13,20H,2-3,6-10H2,1H3;2*1-2H3. The molecule has 1 N–H and O–H groups in total. The quantitative estimate of drug-likeness (QED) is 0.651. The van der Waals surface area contributed by atoms with Crippen molar-refractivity contribution in [2.45, 2.75) is 65.0 Å². The van der Waals surface area contributed by atoms with Gasteiger partial charge in [-0.2, -0.15) is 0 Å². The molecule has 0 aromatic carbocycles. The molecule has 0 spiro atoms. The number of piperidine rings is 1. The smallest absolute Gasteiger partial charge is 0.363 e. The maximum absolute atomic E-state index is 10.9. The molecule has 148 valence electrons. The number of aromatic nitrogens is 1. The number of rotatable bonds is 3. The second kappa shape index (κ2) is 10.4. The molecular weight excluding hydrogens is 332 g/mol. The highest BCUT2D eigenvalue weighted by atomic mass is 16.6. The van der Waals surface area contributed by atoms with E-state index in [2.05, 4.69) is 21.8 Å². The van der Waals surface area contributed by atoms with E-state index in [0.29, 0.717) is 0 Å². The van der Waals surface area contributed by atoms with Gasteiger partial charge in [0.1, 0.15) is 0 Å². The number of anilines is 1. The zero-order valence-corrected chi connectivity index (χ0v) is 16.8. The molecule has 2 aliphatic heterocycles. The summed E-state index contributed by atoms with van der Waals surface area (Å²) in [6, 6.07) is 3.42. The molecule has 0 aliphatic carbocycles. The number of nitrogens with zero attached hydrogens (tertiary/aromatic N) is 4. The molecule has 3 rings (SSSR count). The summed E-state index contributed by atoms with van der Waals surface area (Å²) in [6.07, 6.45) is 5.20. The molecule has 2 saturated heterocycles. The van der Waals surface area contributed by atoms with Crippen molar-refractivity contribution < 1.29 is 10.0 Å². The third-order valence-corrected chi connectivity index (χ3v) is 5.05. The predicted molar refractivity (Wildman–Crippen MR) is 106 cm³/mol. The number of likely N-dealkylation sites (tertiary alicyclic amines) is 1. The van der Waals surface area contributed by atoms with Crippen molar-refractivity contribution in [1.82, 2.24) is 9.88 Å². The summed E-state index contributed by atoms with van der Waals surface area (Å²) in [5.41, 5.74) is 0.267. The topological polar surface area (TPSA) is 82.7 Å². The number of nitro groups is 1. The van der Waals surface area contributed by atoms with Crippen LogP contribution in [0, 0.1) is 10.1 Å². The number of pyridine rings is 1. The fourth-order valence-corrected chi connectivity index (χ4v) is 3.75. The third kappa shape index (κ3) is 5.14. The van der Waals surface area contributed by atoms with Crippen LogP contribution >= 0.6 is 0 Å². The third-order valence-electron chi connectivity index (χ3n) is 5.05. The Morgan fingerprint density at radius 2 is 1.81 bits per heavy atom. The van der Waals surface area contributed by atoms with E-state index in [0.717, 1.165) is 51.0 Å². The molecule has 1 unspecified atom stereocenters. The molecule has 2 fully saturated rings. The molecule has 1 aromatic heterocycles. The van der Waals surface area contributed by atoms with E-state index < -0.39 is 10.5 Å². The minimum Gasteiger partial charge on any atom is -0.388 e. The van der Waals surface area contributed by atoms with Crippen LogP contribution in [-0.4, -0.2) is 58.2 Å². The zero-order chi connectivity index (χ0) is 19.7. The fraction of sp³-hybridized carbons (Fsp3) is 0.737. The highest BCUT2D eigenvalue weighted by molar-refractivity contribution is 5.47. The van der Waals surface area contributed by atoms with Gasteiger partial charge in [0.25, 0.3) is 0 Å². The highest BCUT2D eigenvalue weighted by Crippen LogP contribution is 2.35. The normalized spacial score (nSPS) is 21.9. The summed E-state index contributed by atoms with van der Waals surface area (Å²) in [4.78, 5) is 18.4. The van der Waals surface area contributed by atoms with Crippen LogP contribution < -0.4 is 4.90 Å². The van der Waals surface area contributed by atoms with Crippen molar-refractivity contribution in [3.05, 3.63) is 28.4 Å². The molecule has 2 aliphatic rings. The number of hydrogen-bond donors (Lipinski definition) is 1. The molecular formula is C19H34N4O3. The Morgan fingerprint density at radius 1 is 1.19 bits per heavy atom. The summed E-state index contributed by atoms with van der Waals surface area (Å²) < 4.78 is 0. The largest absolute Gasteiger partial charge is 0.388 e. The van der Waals surface area contributed by atoms with Gasteiger partial charge in [-0.3, -0.25) is 0 Å². The first kappa shape index (κ1) is 22.3. The van der Waals surface area contributed by atoms with Crippen LogP contribution in [0.5, 0.6) is 0 Å². The van der Waals surface area contributed by atoms with Gasteiger partial charge in [-0.15, -0.1) is 0 Å².